The molecule has 6 heteroatoms. The Morgan fingerprint density at radius 3 is 2.67 bits per heavy atom. The number of carbonyl (C=O) groups is 1. The van der Waals surface area contributed by atoms with E-state index >= 15 is 0 Å². The molecule has 0 fully saturated rings. The molecule has 112 valence electrons. The van der Waals surface area contributed by atoms with Crippen molar-refractivity contribution in [3.8, 4) is 0 Å². The van der Waals surface area contributed by atoms with Gasteiger partial charge in [-0.25, -0.2) is 0 Å². The van der Waals surface area contributed by atoms with Crippen LogP contribution in [-0.2, 0) is 0 Å². The SMILES string of the molecule is Cc1noc(C)c1C(C)CNC(=O)c1ccc(=O)[nH]c1C. The molecular formula is C15H19N3O3. The molecule has 0 saturated carbocycles. The molecule has 0 aromatic carbocycles. The van der Waals surface area contributed by atoms with E-state index in [1.54, 1.807) is 6.92 Å². The zero-order chi connectivity index (χ0) is 15.6. The number of nitrogens with zero attached hydrogens (tertiary/aromatic N) is 1. The maximum absolute atomic E-state index is 12.1. The van der Waals surface area contributed by atoms with Crippen molar-refractivity contribution in [2.24, 2.45) is 0 Å². The zero-order valence-electron chi connectivity index (χ0n) is 12.6. The molecular weight excluding hydrogens is 270 g/mol. The number of aryl methyl sites for hydroxylation is 3. The van der Waals surface area contributed by atoms with Crippen molar-refractivity contribution in [3.63, 3.8) is 0 Å². The lowest BCUT2D eigenvalue weighted by atomic mass is 9.99. The van der Waals surface area contributed by atoms with E-state index in [1.807, 2.05) is 20.8 Å². The maximum Gasteiger partial charge on any atom is 0.253 e. The summed E-state index contributed by atoms with van der Waals surface area (Å²) in [6.45, 7) is 7.93. The third-order valence-electron chi connectivity index (χ3n) is 3.51. The highest BCUT2D eigenvalue weighted by molar-refractivity contribution is 5.95. The van der Waals surface area contributed by atoms with Gasteiger partial charge >= 0.3 is 0 Å². The van der Waals surface area contributed by atoms with Crippen LogP contribution in [0, 0.1) is 20.8 Å². The fourth-order valence-corrected chi connectivity index (χ4v) is 2.46. The number of hydrogen-bond donors (Lipinski definition) is 2. The van der Waals surface area contributed by atoms with Crippen molar-refractivity contribution < 1.29 is 9.32 Å². The summed E-state index contributed by atoms with van der Waals surface area (Å²) in [5.41, 5.74) is 2.68. The largest absolute Gasteiger partial charge is 0.361 e. The van der Waals surface area contributed by atoms with E-state index in [-0.39, 0.29) is 17.4 Å². The number of pyridine rings is 1. The lowest BCUT2D eigenvalue weighted by molar-refractivity contribution is 0.0950. The Bertz CT molecular complexity index is 696. The maximum atomic E-state index is 12.1. The van der Waals surface area contributed by atoms with Crippen LogP contribution in [0.4, 0.5) is 0 Å². The van der Waals surface area contributed by atoms with Gasteiger partial charge < -0.3 is 14.8 Å². The average molecular weight is 289 g/mol. The van der Waals surface area contributed by atoms with E-state index in [0.717, 1.165) is 17.0 Å². The predicted octanol–water partition coefficient (Wildman–Crippen LogP) is 1.82. The molecule has 21 heavy (non-hydrogen) atoms. The van der Waals surface area contributed by atoms with E-state index in [9.17, 15) is 9.59 Å². The van der Waals surface area contributed by atoms with Crippen LogP contribution in [0.15, 0.2) is 21.5 Å². The second kappa shape index (κ2) is 5.95. The summed E-state index contributed by atoms with van der Waals surface area (Å²) in [4.78, 5) is 25.9. The monoisotopic (exact) mass is 289 g/mol. The van der Waals surface area contributed by atoms with Gasteiger partial charge in [-0.3, -0.25) is 9.59 Å². The van der Waals surface area contributed by atoms with E-state index in [2.05, 4.69) is 15.5 Å². The molecule has 0 saturated heterocycles. The summed E-state index contributed by atoms with van der Waals surface area (Å²) in [6, 6.07) is 2.88. The molecule has 0 aliphatic rings. The first-order valence-electron chi connectivity index (χ1n) is 6.81. The first kappa shape index (κ1) is 15.0. The fraction of sp³-hybridized carbons (Fsp3) is 0.400. The van der Waals surface area contributed by atoms with Crippen molar-refractivity contribution in [2.45, 2.75) is 33.6 Å². The Hall–Kier alpha value is -2.37. The number of hydrogen-bond acceptors (Lipinski definition) is 4. The minimum atomic E-state index is -0.215. The van der Waals surface area contributed by atoms with Crippen molar-refractivity contribution in [3.05, 3.63) is 50.8 Å². The molecule has 2 heterocycles. The molecule has 0 aliphatic heterocycles. The average Bonchev–Trinajstić information content (AvgIpc) is 2.75. The second-order valence-corrected chi connectivity index (χ2v) is 5.21. The summed E-state index contributed by atoms with van der Waals surface area (Å²) >= 11 is 0. The van der Waals surface area contributed by atoms with E-state index in [4.69, 9.17) is 4.52 Å². The van der Waals surface area contributed by atoms with Gasteiger partial charge in [0, 0.05) is 29.8 Å². The van der Waals surface area contributed by atoms with Crippen molar-refractivity contribution in [2.75, 3.05) is 6.54 Å². The lowest BCUT2D eigenvalue weighted by Gasteiger charge is -2.13. The molecule has 0 bridgehead atoms. The number of H-pyrrole nitrogens is 1. The van der Waals surface area contributed by atoms with Gasteiger partial charge in [-0.1, -0.05) is 12.1 Å². The molecule has 2 N–H and O–H groups in total. The van der Waals surface area contributed by atoms with E-state index in [0.29, 0.717) is 17.8 Å². The van der Waals surface area contributed by atoms with Gasteiger partial charge in [-0.2, -0.15) is 0 Å². The number of nitrogens with one attached hydrogen (secondary N) is 2. The highest BCUT2D eigenvalue weighted by Crippen LogP contribution is 2.22. The number of amides is 1. The van der Waals surface area contributed by atoms with Crippen LogP contribution in [0.1, 0.15) is 45.9 Å². The van der Waals surface area contributed by atoms with Crippen LogP contribution in [0.3, 0.4) is 0 Å². The minimum Gasteiger partial charge on any atom is -0.361 e. The number of rotatable bonds is 4. The molecule has 2 aromatic heterocycles. The lowest BCUT2D eigenvalue weighted by Crippen LogP contribution is -2.29. The van der Waals surface area contributed by atoms with Gasteiger partial charge in [-0.05, 0) is 26.8 Å². The standard InChI is InChI=1S/C15H19N3O3/c1-8(14-10(3)18-21-11(14)4)7-16-15(20)12-5-6-13(19)17-9(12)2/h5-6,8H,7H2,1-4H3,(H,16,20)(H,17,19). The molecule has 6 nitrogen and oxygen atoms in total. The molecule has 2 rings (SSSR count). The van der Waals surface area contributed by atoms with Crippen LogP contribution >= 0.6 is 0 Å². The quantitative estimate of drug-likeness (QED) is 0.898. The molecule has 1 unspecified atom stereocenters. The number of carbonyl (C=O) groups excluding carboxylic acids is 1. The fourth-order valence-electron chi connectivity index (χ4n) is 2.46. The van der Waals surface area contributed by atoms with Gasteiger partial charge in [0.05, 0.1) is 11.3 Å². The van der Waals surface area contributed by atoms with Gasteiger partial charge in [0.1, 0.15) is 5.76 Å². The van der Waals surface area contributed by atoms with Crippen molar-refractivity contribution >= 4 is 5.91 Å². The van der Waals surface area contributed by atoms with Crippen LogP contribution in [-0.4, -0.2) is 22.6 Å². The van der Waals surface area contributed by atoms with Crippen LogP contribution in [0.25, 0.3) is 0 Å². The van der Waals surface area contributed by atoms with Crippen molar-refractivity contribution in [1.29, 1.82) is 0 Å². The zero-order valence-corrected chi connectivity index (χ0v) is 12.6. The summed E-state index contributed by atoms with van der Waals surface area (Å²) in [6.07, 6.45) is 0. The first-order chi connectivity index (χ1) is 9.90. The normalized spacial score (nSPS) is 12.2. The summed E-state index contributed by atoms with van der Waals surface area (Å²) in [5, 5.41) is 6.79. The summed E-state index contributed by atoms with van der Waals surface area (Å²) in [7, 11) is 0. The van der Waals surface area contributed by atoms with Crippen LogP contribution in [0.2, 0.25) is 0 Å². The van der Waals surface area contributed by atoms with Crippen LogP contribution < -0.4 is 10.9 Å². The summed E-state index contributed by atoms with van der Waals surface area (Å²) < 4.78 is 5.14. The van der Waals surface area contributed by atoms with Crippen molar-refractivity contribution in [1.82, 2.24) is 15.5 Å². The van der Waals surface area contributed by atoms with Gasteiger partial charge in [-0.15, -0.1) is 0 Å². The molecule has 0 aliphatic carbocycles. The highest BCUT2D eigenvalue weighted by atomic mass is 16.5. The van der Waals surface area contributed by atoms with Gasteiger partial charge in [0.25, 0.3) is 5.91 Å². The van der Waals surface area contributed by atoms with E-state index < -0.39 is 0 Å². The number of aromatic nitrogens is 2. The van der Waals surface area contributed by atoms with Gasteiger partial charge in [0.2, 0.25) is 5.56 Å². The Kier molecular flexibility index (Phi) is 4.26. The highest BCUT2D eigenvalue weighted by Gasteiger charge is 2.18. The minimum absolute atomic E-state index is 0.100. The first-order valence-corrected chi connectivity index (χ1v) is 6.81. The molecule has 0 spiro atoms. The second-order valence-electron chi connectivity index (χ2n) is 5.21. The Balaban J connectivity index is 2.06. The summed E-state index contributed by atoms with van der Waals surface area (Å²) in [5.74, 6) is 0.667. The Morgan fingerprint density at radius 1 is 1.38 bits per heavy atom. The molecule has 1 atom stereocenters. The molecule has 0 radical (unpaired) electrons. The Morgan fingerprint density at radius 2 is 2.10 bits per heavy atom. The van der Waals surface area contributed by atoms with Gasteiger partial charge in [0.15, 0.2) is 0 Å². The molecule has 2 aromatic rings. The number of aromatic amines is 1. The van der Waals surface area contributed by atoms with E-state index in [1.165, 1.54) is 12.1 Å². The third kappa shape index (κ3) is 3.21. The predicted molar refractivity (Wildman–Crippen MR) is 78.5 cm³/mol. The molecule has 1 amide bonds. The smallest absolute Gasteiger partial charge is 0.253 e. The van der Waals surface area contributed by atoms with Crippen LogP contribution in [0.5, 0.6) is 0 Å². The third-order valence-corrected chi connectivity index (χ3v) is 3.51. The Labute approximate surface area is 122 Å². The topological polar surface area (TPSA) is 88.0 Å².